The van der Waals surface area contributed by atoms with Crippen molar-refractivity contribution in [3.05, 3.63) is 83.9 Å². The second-order valence-electron chi connectivity index (χ2n) is 6.45. The summed E-state index contributed by atoms with van der Waals surface area (Å²) < 4.78 is 44.9. The van der Waals surface area contributed by atoms with Gasteiger partial charge in [0.25, 0.3) is 10.1 Å². The Balaban J connectivity index is 1.63. The molecular weight excluding hydrogens is 396 g/mol. The molecule has 2 aromatic rings. The van der Waals surface area contributed by atoms with Gasteiger partial charge in [-0.1, -0.05) is 54.6 Å². The minimum Gasteiger partial charge on any atom is -0.459 e. The van der Waals surface area contributed by atoms with Crippen molar-refractivity contribution in [3.63, 3.8) is 0 Å². The Morgan fingerprint density at radius 1 is 1.00 bits per heavy atom. The van der Waals surface area contributed by atoms with Gasteiger partial charge in [-0.2, -0.15) is 8.42 Å². The molecule has 1 aliphatic heterocycles. The smallest absolute Gasteiger partial charge is 0.338 e. The van der Waals surface area contributed by atoms with Crippen LogP contribution in [0, 0.1) is 0 Å². The zero-order valence-electron chi connectivity index (χ0n) is 15.8. The third kappa shape index (κ3) is 6.79. The second kappa shape index (κ2) is 9.80. The van der Waals surface area contributed by atoms with Gasteiger partial charge in [-0.15, -0.1) is 0 Å². The molecule has 2 aromatic carbocycles. The molecule has 7 nitrogen and oxygen atoms in total. The van der Waals surface area contributed by atoms with Gasteiger partial charge in [0.15, 0.2) is 6.29 Å². The summed E-state index contributed by atoms with van der Waals surface area (Å²) in [5, 5.41) is 0. The van der Waals surface area contributed by atoms with E-state index >= 15 is 0 Å². The van der Waals surface area contributed by atoms with Crippen molar-refractivity contribution in [2.75, 3.05) is 12.9 Å². The predicted octanol–water partition coefficient (Wildman–Crippen LogP) is 2.69. The van der Waals surface area contributed by atoms with Crippen LogP contribution in [0.1, 0.15) is 15.9 Å². The van der Waals surface area contributed by atoms with Crippen molar-refractivity contribution in [1.82, 2.24) is 0 Å². The molecule has 0 unspecified atom stereocenters. The number of benzene rings is 2. The maximum Gasteiger partial charge on any atom is 0.338 e. The number of esters is 1. The summed E-state index contributed by atoms with van der Waals surface area (Å²) >= 11 is 0. The van der Waals surface area contributed by atoms with Crippen molar-refractivity contribution >= 4 is 16.1 Å². The SMILES string of the molecule is CS(=O)(=O)O[C@H]1C=C[C@@H](OCc2ccccc2)O[C@@H]1COC(=O)c1ccccc1. The lowest BCUT2D eigenvalue weighted by atomic mass is 10.1. The first kappa shape index (κ1) is 21.2. The summed E-state index contributed by atoms with van der Waals surface area (Å²) in [6.45, 7) is 0.118. The molecule has 0 amide bonds. The first-order valence-electron chi connectivity index (χ1n) is 9.00. The molecule has 0 N–H and O–H groups in total. The van der Waals surface area contributed by atoms with Crippen LogP contribution in [0.3, 0.4) is 0 Å². The number of carbonyl (C=O) groups is 1. The van der Waals surface area contributed by atoms with Gasteiger partial charge in [-0.25, -0.2) is 4.79 Å². The third-order valence-electron chi connectivity index (χ3n) is 4.06. The fraction of sp³-hybridized carbons (Fsp3) is 0.286. The summed E-state index contributed by atoms with van der Waals surface area (Å²) in [5.41, 5.74) is 1.35. The molecule has 0 fully saturated rings. The fourth-order valence-corrected chi connectivity index (χ4v) is 3.30. The van der Waals surface area contributed by atoms with Crippen LogP contribution in [0.25, 0.3) is 0 Å². The van der Waals surface area contributed by atoms with Crippen molar-refractivity contribution < 1.29 is 31.6 Å². The molecule has 1 heterocycles. The highest BCUT2D eigenvalue weighted by molar-refractivity contribution is 7.86. The maximum absolute atomic E-state index is 12.2. The van der Waals surface area contributed by atoms with Gasteiger partial charge in [0.2, 0.25) is 0 Å². The van der Waals surface area contributed by atoms with E-state index in [0.717, 1.165) is 11.8 Å². The van der Waals surface area contributed by atoms with Crippen LogP contribution in [0.15, 0.2) is 72.8 Å². The quantitative estimate of drug-likeness (QED) is 0.370. The lowest BCUT2D eigenvalue weighted by Crippen LogP contribution is -2.42. The Bertz CT molecular complexity index is 926. The van der Waals surface area contributed by atoms with Gasteiger partial charge in [-0.05, 0) is 23.8 Å². The van der Waals surface area contributed by atoms with E-state index in [1.54, 1.807) is 42.5 Å². The standard InChI is InChI=1S/C21H22O7S/c1-29(23,24)28-18-12-13-20(25-14-16-8-4-2-5-9-16)27-19(18)15-26-21(22)17-10-6-3-7-11-17/h2-13,18-20H,14-15H2,1H3/t18-,19+,20-/m0/s1. The average Bonchev–Trinajstić information content (AvgIpc) is 2.72. The van der Waals surface area contributed by atoms with Crippen LogP contribution in [0.2, 0.25) is 0 Å². The van der Waals surface area contributed by atoms with E-state index < -0.39 is 34.6 Å². The van der Waals surface area contributed by atoms with Crippen molar-refractivity contribution in [2.45, 2.75) is 25.1 Å². The number of hydrogen-bond acceptors (Lipinski definition) is 7. The van der Waals surface area contributed by atoms with E-state index in [1.807, 2.05) is 30.3 Å². The van der Waals surface area contributed by atoms with E-state index in [1.165, 1.54) is 0 Å². The van der Waals surface area contributed by atoms with Crippen LogP contribution >= 0.6 is 0 Å². The first-order chi connectivity index (χ1) is 13.9. The minimum atomic E-state index is -3.73. The van der Waals surface area contributed by atoms with Gasteiger partial charge >= 0.3 is 5.97 Å². The molecule has 0 radical (unpaired) electrons. The summed E-state index contributed by atoms with van der Waals surface area (Å²) in [4.78, 5) is 12.2. The van der Waals surface area contributed by atoms with E-state index in [2.05, 4.69) is 0 Å². The molecular formula is C21H22O7S. The Hall–Kier alpha value is -2.52. The molecule has 29 heavy (non-hydrogen) atoms. The Kier molecular flexibility index (Phi) is 7.16. The molecule has 0 aliphatic carbocycles. The highest BCUT2D eigenvalue weighted by Gasteiger charge is 2.32. The molecule has 8 heteroatoms. The minimum absolute atomic E-state index is 0.191. The zero-order valence-corrected chi connectivity index (χ0v) is 16.7. The Morgan fingerprint density at radius 2 is 1.66 bits per heavy atom. The number of ether oxygens (including phenoxy) is 3. The van der Waals surface area contributed by atoms with Gasteiger partial charge < -0.3 is 14.2 Å². The molecule has 3 rings (SSSR count). The number of carbonyl (C=O) groups excluding carboxylic acids is 1. The Morgan fingerprint density at radius 3 is 2.31 bits per heavy atom. The highest BCUT2D eigenvalue weighted by atomic mass is 32.2. The lowest BCUT2D eigenvalue weighted by molar-refractivity contribution is -0.181. The first-order valence-corrected chi connectivity index (χ1v) is 10.8. The molecule has 0 aromatic heterocycles. The monoisotopic (exact) mass is 418 g/mol. The van der Waals surface area contributed by atoms with Crippen LogP contribution in [-0.4, -0.2) is 45.7 Å². The van der Waals surface area contributed by atoms with Crippen LogP contribution in [0.5, 0.6) is 0 Å². The van der Waals surface area contributed by atoms with Gasteiger partial charge in [-0.3, -0.25) is 4.18 Å². The molecule has 0 saturated carbocycles. The van der Waals surface area contributed by atoms with E-state index in [0.29, 0.717) is 12.2 Å². The fourth-order valence-electron chi connectivity index (χ4n) is 2.71. The molecule has 0 saturated heterocycles. The van der Waals surface area contributed by atoms with Gasteiger partial charge in [0, 0.05) is 0 Å². The largest absolute Gasteiger partial charge is 0.459 e. The topological polar surface area (TPSA) is 88.1 Å². The Labute approximate surface area is 170 Å². The summed E-state index contributed by atoms with van der Waals surface area (Å²) in [5.74, 6) is -0.538. The molecule has 154 valence electrons. The second-order valence-corrected chi connectivity index (χ2v) is 8.05. The lowest BCUT2D eigenvalue weighted by Gasteiger charge is -2.31. The van der Waals surface area contributed by atoms with E-state index in [9.17, 15) is 13.2 Å². The summed E-state index contributed by atoms with van der Waals surface area (Å²) in [6, 6.07) is 18.0. The van der Waals surface area contributed by atoms with Gasteiger partial charge in [0.1, 0.15) is 18.8 Å². The molecule has 0 bridgehead atoms. The molecule has 0 spiro atoms. The van der Waals surface area contributed by atoms with Crippen LogP contribution in [0.4, 0.5) is 0 Å². The van der Waals surface area contributed by atoms with Crippen LogP contribution in [-0.2, 0) is 35.1 Å². The molecule has 3 atom stereocenters. The van der Waals surface area contributed by atoms with Crippen molar-refractivity contribution in [3.8, 4) is 0 Å². The predicted molar refractivity (Wildman–Crippen MR) is 105 cm³/mol. The highest BCUT2D eigenvalue weighted by Crippen LogP contribution is 2.20. The third-order valence-corrected chi connectivity index (χ3v) is 4.64. The number of hydrogen-bond donors (Lipinski definition) is 0. The van der Waals surface area contributed by atoms with Gasteiger partial charge in [0.05, 0.1) is 18.4 Å². The van der Waals surface area contributed by atoms with E-state index in [4.69, 9.17) is 18.4 Å². The van der Waals surface area contributed by atoms with Crippen molar-refractivity contribution in [1.29, 1.82) is 0 Å². The average molecular weight is 418 g/mol. The summed E-state index contributed by atoms with van der Waals surface area (Å²) in [6.07, 6.45) is 1.57. The number of rotatable bonds is 8. The maximum atomic E-state index is 12.2. The van der Waals surface area contributed by atoms with Crippen LogP contribution < -0.4 is 0 Å². The van der Waals surface area contributed by atoms with Crippen molar-refractivity contribution in [2.24, 2.45) is 0 Å². The zero-order chi connectivity index (χ0) is 20.7. The normalized spacial score (nSPS) is 21.6. The summed E-state index contributed by atoms with van der Waals surface area (Å²) in [7, 11) is -3.73. The molecule has 1 aliphatic rings. The van der Waals surface area contributed by atoms with E-state index in [-0.39, 0.29) is 6.61 Å².